The number of benzene rings is 1. The molecule has 0 aliphatic carbocycles. The van der Waals surface area contributed by atoms with E-state index in [-0.39, 0.29) is 11.3 Å². The van der Waals surface area contributed by atoms with Crippen LogP contribution in [0.1, 0.15) is 29.9 Å². The first kappa shape index (κ1) is 11.6. The Balaban J connectivity index is 2.78. The highest BCUT2D eigenvalue weighted by Gasteiger charge is 2.26. The smallest absolute Gasteiger partial charge is 0.335 e. The molecule has 0 atom stereocenters. The monoisotopic (exact) mass is 236 g/mol. The average molecular weight is 236 g/mol. The SMILES string of the molecule is Cn1nc(C(C)(C)F)c2cc(C(=O)O)ccc21. The summed E-state index contributed by atoms with van der Waals surface area (Å²) in [5, 5.41) is 13.6. The number of alkyl halides is 1. The van der Waals surface area contributed by atoms with Gasteiger partial charge in [0.2, 0.25) is 0 Å². The molecule has 1 N–H and O–H groups in total. The fourth-order valence-electron chi connectivity index (χ4n) is 1.84. The second kappa shape index (κ2) is 3.55. The maximum Gasteiger partial charge on any atom is 0.335 e. The van der Waals surface area contributed by atoms with Crippen molar-refractivity contribution in [3.63, 3.8) is 0 Å². The van der Waals surface area contributed by atoms with Crippen LogP contribution in [-0.4, -0.2) is 20.9 Å². The maximum atomic E-state index is 14.0. The minimum atomic E-state index is -1.60. The van der Waals surface area contributed by atoms with Gasteiger partial charge in [-0.25, -0.2) is 9.18 Å². The molecule has 0 aliphatic rings. The summed E-state index contributed by atoms with van der Waals surface area (Å²) in [6, 6.07) is 4.59. The van der Waals surface area contributed by atoms with Crippen LogP contribution in [0.5, 0.6) is 0 Å². The minimum Gasteiger partial charge on any atom is -0.478 e. The number of rotatable bonds is 2. The molecular weight excluding hydrogens is 223 g/mol. The van der Waals surface area contributed by atoms with Crippen LogP contribution in [0.4, 0.5) is 4.39 Å². The van der Waals surface area contributed by atoms with Gasteiger partial charge in [-0.2, -0.15) is 5.10 Å². The lowest BCUT2D eigenvalue weighted by atomic mass is 10.0. The molecule has 4 nitrogen and oxygen atoms in total. The Morgan fingerprint density at radius 3 is 2.65 bits per heavy atom. The number of carbonyl (C=O) groups is 1. The fraction of sp³-hybridized carbons (Fsp3) is 0.333. The van der Waals surface area contributed by atoms with E-state index in [0.29, 0.717) is 5.39 Å². The predicted molar refractivity (Wildman–Crippen MR) is 61.8 cm³/mol. The molecule has 0 radical (unpaired) electrons. The lowest BCUT2D eigenvalue weighted by Crippen LogP contribution is -2.11. The molecule has 1 aromatic heterocycles. The molecule has 1 heterocycles. The number of aromatic nitrogens is 2. The molecular formula is C12H13FN2O2. The van der Waals surface area contributed by atoms with Crippen LogP contribution in [0, 0.1) is 0 Å². The first-order chi connectivity index (χ1) is 7.80. The average Bonchev–Trinajstić information content (AvgIpc) is 2.55. The predicted octanol–water partition coefficient (Wildman–Crippen LogP) is 2.48. The van der Waals surface area contributed by atoms with Crippen LogP contribution < -0.4 is 0 Å². The highest BCUT2D eigenvalue weighted by atomic mass is 19.1. The van der Waals surface area contributed by atoms with Crippen LogP contribution in [0.2, 0.25) is 0 Å². The number of hydrogen-bond donors (Lipinski definition) is 1. The fourth-order valence-corrected chi connectivity index (χ4v) is 1.84. The van der Waals surface area contributed by atoms with Crippen molar-refractivity contribution in [3.05, 3.63) is 29.5 Å². The normalized spacial score (nSPS) is 12.0. The number of hydrogen-bond acceptors (Lipinski definition) is 2. The molecule has 0 bridgehead atoms. The number of nitrogens with zero attached hydrogens (tertiary/aromatic N) is 2. The van der Waals surface area contributed by atoms with Gasteiger partial charge < -0.3 is 5.11 Å². The Morgan fingerprint density at radius 1 is 1.47 bits per heavy atom. The summed E-state index contributed by atoms with van der Waals surface area (Å²) < 4.78 is 15.5. The molecule has 90 valence electrons. The zero-order valence-electron chi connectivity index (χ0n) is 9.86. The van der Waals surface area contributed by atoms with Crippen LogP contribution in [0.25, 0.3) is 10.9 Å². The number of aryl methyl sites for hydroxylation is 1. The van der Waals surface area contributed by atoms with Crippen molar-refractivity contribution in [2.24, 2.45) is 7.05 Å². The summed E-state index contributed by atoms with van der Waals surface area (Å²) in [5.74, 6) is -1.03. The lowest BCUT2D eigenvalue weighted by Gasteiger charge is -2.10. The molecule has 5 heteroatoms. The van der Waals surface area contributed by atoms with Crippen molar-refractivity contribution in [2.75, 3.05) is 0 Å². The molecule has 0 unspecified atom stereocenters. The van der Waals surface area contributed by atoms with E-state index >= 15 is 0 Å². The molecule has 0 spiro atoms. The highest BCUT2D eigenvalue weighted by Crippen LogP contribution is 2.30. The molecule has 0 amide bonds. The number of halogens is 1. The third kappa shape index (κ3) is 1.88. The van der Waals surface area contributed by atoms with Gasteiger partial charge in [0.05, 0.1) is 11.1 Å². The van der Waals surface area contributed by atoms with Crippen molar-refractivity contribution in [2.45, 2.75) is 19.5 Å². The Hall–Kier alpha value is -1.91. The summed E-state index contributed by atoms with van der Waals surface area (Å²) in [7, 11) is 1.71. The van der Waals surface area contributed by atoms with Gasteiger partial charge in [0, 0.05) is 12.4 Å². The second-order valence-electron chi connectivity index (χ2n) is 4.48. The van der Waals surface area contributed by atoms with Crippen LogP contribution in [0.15, 0.2) is 18.2 Å². The first-order valence-corrected chi connectivity index (χ1v) is 5.20. The third-order valence-electron chi connectivity index (χ3n) is 2.66. The third-order valence-corrected chi connectivity index (χ3v) is 2.66. The number of carboxylic acid groups (broad SMARTS) is 1. The summed E-state index contributed by atoms with van der Waals surface area (Å²) in [5.41, 5.74) is -0.485. The second-order valence-corrected chi connectivity index (χ2v) is 4.48. The lowest BCUT2D eigenvalue weighted by molar-refractivity contribution is 0.0697. The van der Waals surface area contributed by atoms with Gasteiger partial charge >= 0.3 is 5.97 Å². The molecule has 2 rings (SSSR count). The van der Waals surface area contributed by atoms with E-state index in [0.717, 1.165) is 5.52 Å². The number of fused-ring (bicyclic) bond motifs is 1. The van der Waals surface area contributed by atoms with Crippen molar-refractivity contribution in [1.82, 2.24) is 9.78 Å². The molecule has 0 aliphatic heterocycles. The van der Waals surface area contributed by atoms with Gasteiger partial charge in [0.25, 0.3) is 0 Å². The van der Waals surface area contributed by atoms with Crippen molar-refractivity contribution in [3.8, 4) is 0 Å². The zero-order chi connectivity index (χ0) is 12.8. The molecule has 0 saturated carbocycles. The van der Waals surface area contributed by atoms with Gasteiger partial charge in [-0.05, 0) is 32.0 Å². The highest BCUT2D eigenvalue weighted by molar-refractivity contribution is 5.94. The van der Waals surface area contributed by atoms with E-state index in [1.807, 2.05) is 0 Å². The van der Waals surface area contributed by atoms with Crippen molar-refractivity contribution < 1.29 is 14.3 Å². The van der Waals surface area contributed by atoms with E-state index in [1.54, 1.807) is 17.8 Å². The summed E-state index contributed by atoms with van der Waals surface area (Å²) >= 11 is 0. The molecule has 0 saturated heterocycles. The Kier molecular flexibility index (Phi) is 2.41. The quantitative estimate of drug-likeness (QED) is 0.871. The Bertz CT molecular complexity index is 596. The standard InChI is InChI=1S/C12H13FN2O2/c1-12(2,13)10-8-6-7(11(16)17)4-5-9(8)15(3)14-10/h4-6H,1-3H3,(H,16,17). The van der Waals surface area contributed by atoms with Gasteiger partial charge in [-0.15, -0.1) is 0 Å². The molecule has 0 fully saturated rings. The summed E-state index contributed by atoms with van der Waals surface area (Å²) in [4.78, 5) is 10.9. The van der Waals surface area contributed by atoms with E-state index < -0.39 is 11.6 Å². The first-order valence-electron chi connectivity index (χ1n) is 5.20. The van der Waals surface area contributed by atoms with Gasteiger partial charge in [0.15, 0.2) is 0 Å². The van der Waals surface area contributed by atoms with Crippen LogP contribution >= 0.6 is 0 Å². The van der Waals surface area contributed by atoms with E-state index in [2.05, 4.69) is 5.10 Å². The Morgan fingerprint density at radius 2 is 2.12 bits per heavy atom. The van der Waals surface area contributed by atoms with Gasteiger partial charge in [-0.3, -0.25) is 4.68 Å². The maximum absolute atomic E-state index is 14.0. The number of carboxylic acids is 1. The van der Waals surface area contributed by atoms with Gasteiger partial charge in [-0.1, -0.05) is 0 Å². The van der Waals surface area contributed by atoms with Crippen LogP contribution in [-0.2, 0) is 12.7 Å². The van der Waals surface area contributed by atoms with Crippen molar-refractivity contribution in [1.29, 1.82) is 0 Å². The van der Waals surface area contributed by atoms with Crippen molar-refractivity contribution >= 4 is 16.9 Å². The largest absolute Gasteiger partial charge is 0.478 e. The molecule has 1 aromatic carbocycles. The number of aromatic carboxylic acids is 1. The zero-order valence-corrected chi connectivity index (χ0v) is 9.86. The van der Waals surface area contributed by atoms with Crippen LogP contribution in [0.3, 0.4) is 0 Å². The van der Waals surface area contributed by atoms with Gasteiger partial charge in [0.1, 0.15) is 11.4 Å². The summed E-state index contributed by atoms with van der Waals surface area (Å²) in [6.07, 6.45) is 0. The van der Waals surface area contributed by atoms with E-state index in [4.69, 9.17) is 5.11 Å². The van der Waals surface area contributed by atoms with E-state index in [1.165, 1.54) is 26.0 Å². The summed E-state index contributed by atoms with van der Waals surface area (Å²) in [6.45, 7) is 2.81. The molecule has 17 heavy (non-hydrogen) atoms. The minimum absolute atomic E-state index is 0.135. The topological polar surface area (TPSA) is 55.1 Å². The Labute approximate surface area is 97.7 Å². The van der Waals surface area contributed by atoms with E-state index in [9.17, 15) is 9.18 Å². The molecule has 2 aromatic rings.